The summed E-state index contributed by atoms with van der Waals surface area (Å²) in [5.74, 6) is 0. The van der Waals surface area contributed by atoms with Crippen molar-refractivity contribution >= 4 is 11.3 Å². The van der Waals surface area contributed by atoms with Gasteiger partial charge in [-0.15, -0.1) is 11.3 Å². The van der Waals surface area contributed by atoms with E-state index in [1.165, 1.54) is 29.1 Å². The molecule has 78 valence electrons. The first-order chi connectivity index (χ1) is 6.79. The molecule has 1 atom stereocenters. The van der Waals surface area contributed by atoms with E-state index in [0.29, 0.717) is 6.04 Å². The number of rotatable bonds is 3. The Hall–Kier alpha value is -0.380. The largest absolute Gasteiger partial charge is 0.329 e. The molecule has 1 aliphatic heterocycles. The monoisotopic (exact) mass is 210 g/mol. The van der Waals surface area contributed by atoms with E-state index in [0.717, 1.165) is 13.1 Å². The molecule has 2 N–H and O–H groups in total. The number of thiophene rings is 1. The number of nitrogens with zero attached hydrogens (tertiary/aromatic N) is 1. The van der Waals surface area contributed by atoms with Crippen LogP contribution in [0.2, 0.25) is 0 Å². The summed E-state index contributed by atoms with van der Waals surface area (Å²) in [5.41, 5.74) is 5.74. The number of hydrogen-bond acceptors (Lipinski definition) is 3. The predicted octanol–water partition coefficient (Wildman–Crippen LogP) is 1.98. The number of nitrogens with two attached hydrogens (primary N) is 1. The summed E-state index contributed by atoms with van der Waals surface area (Å²) in [5, 5.41) is 0. The average Bonchev–Trinajstić information content (AvgIpc) is 2.76. The average molecular weight is 210 g/mol. The third-order valence-corrected chi connectivity index (χ3v) is 3.91. The molecule has 0 radical (unpaired) electrons. The molecule has 2 nitrogen and oxygen atoms in total. The second-order valence-electron chi connectivity index (χ2n) is 4.01. The van der Waals surface area contributed by atoms with Crippen LogP contribution in [0.3, 0.4) is 0 Å². The normalized spacial score (nSPS) is 23.1. The van der Waals surface area contributed by atoms with E-state index in [-0.39, 0.29) is 0 Å². The predicted molar refractivity (Wildman–Crippen MR) is 61.5 cm³/mol. The zero-order valence-corrected chi connectivity index (χ0v) is 9.52. The fourth-order valence-corrected chi connectivity index (χ4v) is 3.06. The van der Waals surface area contributed by atoms with Crippen LogP contribution in [0.4, 0.5) is 0 Å². The first kappa shape index (κ1) is 10.1. The summed E-state index contributed by atoms with van der Waals surface area (Å²) >= 11 is 1.90. The molecule has 1 aromatic rings. The Balaban J connectivity index is 1.96. The minimum absolute atomic E-state index is 0.623. The molecule has 0 saturated carbocycles. The molecule has 1 aromatic heterocycles. The second kappa shape index (κ2) is 4.43. The highest BCUT2D eigenvalue weighted by atomic mass is 32.1. The van der Waals surface area contributed by atoms with Crippen LogP contribution in [0.1, 0.15) is 22.6 Å². The van der Waals surface area contributed by atoms with Crippen molar-refractivity contribution in [2.75, 3.05) is 13.1 Å². The van der Waals surface area contributed by atoms with Gasteiger partial charge < -0.3 is 5.73 Å². The second-order valence-corrected chi connectivity index (χ2v) is 5.39. The fraction of sp³-hybridized carbons (Fsp3) is 0.636. The summed E-state index contributed by atoms with van der Waals surface area (Å²) in [4.78, 5) is 5.40. The van der Waals surface area contributed by atoms with Crippen LogP contribution in [0, 0.1) is 6.92 Å². The molecular weight excluding hydrogens is 192 g/mol. The van der Waals surface area contributed by atoms with Crippen molar-refractivity contribution in [2.24, 2.45) is 5.73 Å². The van der Waals surface area contributed by atoms with E-state index in [9.17, 15) is 0 Å². The van der Waals surface area contributed by atoms with Crippen molar-refractivity contribution in [3.63, 3.8) is 0 Å². The molecule has 0 aromatic carbocycles. The Bertz CT molecular complexity index is 295. The summed E-state index contributed by atoms with van der Waals surface area (Å²) in [6.07, 6.45) is 2.59. The zero-order chi connectivity index (χ0) is 9.97. The standard InChI is InChI=1S/C11H18N2S/c1-9-4-5-11(14-9)8-13-6-2-3-10(13)7-12/h4-5,10H,2-3,6-8,12H2,1H3. The first-order valence-electron chi connectivity index (χ1n) is 5.29. The Morgan fingerprint density at radius 2 is 2.43 bits per heavy atom. The van der Waals surface area contributed by atoms with Crippen LogP contribution in [0.5, 0.6) is 0 Å². The minimum Gasteiger partial charge on any atom is -0.329 e. The van der Waals surface area contributed by atoms with Gasteiger partial charge in [0.25, 0.3) is 0 Å². The van der Waals surface area contributed by atoms with Gasteiger partial charge in [-0.2, -0.15) is 0 Å². The number of likely N-dealkylation sites (tertiary alicyclic amines) is 1. The first-order valence-corrected chi connectivity index (χ1v) is 6.10. The maximum absolute atomic E-state index is 5.74. The third kappa shape index (κ3) is 2.16. The van der Waals surface area contributed by atoms with Crippen LogP contribution in [0.15, 0.2) is 12.1 Å². The summed E-state index contributed by atoms with van der Waals surface area (Å²) in [7, 11) is 0. The van der Waals surface area contributed by atoms with Crippen LogP contribution in [-0.2, 0) is 6.54 Å². The zero-order valence-electron chi connectivity index (χ0n) is 8.70. The highest BCUT2D eigenvalue weighted by molar-refractivity contribution is 7.11. The van der Waals surface area contributed by atoms with Crippen molar-refractivity contribution in [2.45, 2.75) is 32.4 Å². The molecule has 0 aliphatic carbocycles. The van der Waals surface area contributed by atoms with E-state index in [4.69, 9.17) is 5.73 Å². The Labute approximate surface area is 89.7 Å². The maximum atomic E-state index is 5.74. The van der Waals surface area contributed by atoms with Gasteiger partial charge in [-0.25, -0.2) is 0 Å². The van der Waals surface area contributed by atoms with Crippen molar-refractivity contribution < 1.29 is 0 Å². The van der Waals surface area contributed by atoms with Gasteiger partial charge in [0.2, 0.25) is 0 Å². The van der Waals surface area contributed by atoms with Gasteiger partial charge in [-0.1, -0.05) is 0 Å². The van der Waals surface area contributed by atoms with Gasteiger partial charge in [0, 0.05) is 28.9 Å². The molecule has 14 heavy (non-hydrogen) atoms. The Morgan fingerprint density at radius 3 is 3.07 bits per heavy atom. The highest BCUT2D eigenvalue weighted by Crippen LogP contribution is 2.22. The van der Waals surface area contributed by atoms with E-state index in [1.807, 2.05) is 11.3 Å². The maximum Gasteiger partial charge on any atom is 0.0331 e. The fourth-order valence-electron chi connectivity index (χ4n) is 2.14. The molecule has 1 fully saturated rings. The lowest BCUT2D eigenvalue weighted by Crippen LogP contribution is -2.34. The quantitative estimate of drug-likeness (QED) is 0.826. The van der Waals surface area contributed by atoms with Crippen LogP contribution < -0.4 is 5.73 Å². The summed E-state index contributed by atoms with van der Waals surface area (Å²) < 4.78 is 0. The lowest BCUT2D eigenvalue weighted by atomic mass is 10.2. The molecule has 0 spiro atoms. The lowest BCUT2D eigenvalue weighted by molar-refractivity contribution is 0.252. The van der Waals surface area contributed by atoms with E-state index < -0.39 is 0 Å². The van der Waals surface area contributed by atoms with Crippen LogP contribution in [0.25, 0.3) is 0 Å². The topological polar surface area (TPSA) is 29.3 Å². The van der Waals surface area contributed by atoms with Gasteiger partial charge in [-0.3, -0.25) is 4.90 Å². The van der Waals surface area contributed by atoms with Gasteiger partial charge in [0.05, 0.1) is 0 Å². The van der Waals surface area contributed by atoms with Crippen molar-refractivity contribution in [3.8, 4) is 0 Å². The molecule has 0 bridgehead atoms. The summed E-state index contributed by atoms with van der Waals surface area (Å²) in [6, 6.07) is 5.07. The minimum atomic E-state index is 0.623. The van der Waals surface area contributed by atoms with E-state index in [2.05, 4.69) is 24.0 Å². The van der Waals surface area contributed by atoms with E-state index in [1.54, 1.807) is 0 Å². The van der Waals surface area contributed by atoms with Gasteiger partial charge in [0.15, 0.2) is 0 Å². The SMILES string of the molecule is Cc1ccc(CN2CCCC2CN)s1. The van der Waals surface area contributed by atoms with Crippen molar-refractivity contribution in [3.05, 3.63) is 21.9 Å². The van der Waals surface area contributed by atoms with Gasteiger partial charge in [0.1, 0.15) is 0 Å². The van der Waals surface area contributed by atoms with Crippen molar-refractivity contribution in [1.29, 1.82) is 0 Å². The Morgan fingerprint density at radius 1 is 1.57 bits per heavy atom. The molecular formula is C11H18N2S. The highest BCUT2D eigenvalue weighted by Gasteiger charge is 2.23. The third-order valence-electron chi connectivity index (χ3n) is 2.93. The molecule has 1 aliphatic rings. The Kier molecular flexibility index (Phi) is 3.21. The van der Waals surface area contributed by atoms with Gasteiger partial charge >= 0.3 is 0 Å². The molecule has 1 unspecified atom stereocenters. The molecule has 2 rings (SSSR count). The number of hydrogen-bond donors (Lipinski definition) is 1. The summed E-state index contributed by atoms with van der Waals surface area (Å²) in [6.45, 7) is 5.29. The van der Waals surface area contributed by atoms with Crippen molar-refractivity contribution in [1.82, 2.24) is 4.90 Å². The van der Waals surface area contributed by atoms with Gasteiger partial charge in [-0.05, 0) is 38.4 Å². The molecule has 3 heteroatoms. The van der Waals surface area contributed by atoms with E-state index >= 15 is 0 Å². The van der Waals surface area contributed by atoms with Crippen LogP contribution >= 0.6 is 11.3 Å². The molecule has 0 amide bonds. The molecule has 2 heterocycles. The molecule has 1 saturated heterocycles. The number of aryl methyl sites for hydroxylation is 1. The smallest absolute Gasteiger partial charge is 0.0331 e. The lowest BCUT2D eigenvalue weighted by Gasteiger charge is -2.22. The van der Waals surface area contributed by atoms with Crippen LogP contribution in [-0.4, -0.2) is 24.0 Å².